The van der Waals surface area contributed by atoms with E-state index in [9.17, 15) is 4.79 Å². The normalized spacial score (nSPS) is 10.5. The molecule has 0 aliphatic heterocycles. The van der Waals surface area contributed by atoms with Crippen molar-refractivity contribution < 1.29 is 4.79 Å². The molecule has 0 saturated carbocycles. The molecule has 0 saturated heterocycles. The molecule has 29 heavy (non-hydrogen) atoms. The van der Waals surface area contributed by atoms with E-state index in [1.54, 1.807) is 18.5 Å². The van der Waals surface area contributed by atoms with E-state index in [2.05, 4.69) is 20.6 Å². The summed E-state index contributed by atoms with van der Waals surface area (Å²) in [5.41, 5.74) is 2.51. The van der Waals surface area contributed by atoms with Crippen molar-refractivity contribution in [3.05, 3.63) is 94.7 Å². The Morgan fingerprint density at radius 3 is 2.59 bits per heavy atom. The number of nitrogens with zero attached hydrogens (tertiary/aromatic N) is 2. The van der Waals surface area contributed by atoms with Crippen molar-refractivity contribution in [3.8, 4) is 10.4 Å². The highest BCUT2D eigenvalue weighted by Gasteiger charge is 2.12. The number of amides is 1. The summed E-state index contributed by atoms with van der Waals surface area (Å²) < 4.78 is 0. The van der Waals surface area contributed by atoms with Gasteiger partial charge in [-0.3, -0.25) is 9.78 Å². The van der Waals surface area contributed by atoms with E-state index in [0.717, 1.165) is 16.1 Å². The van der Waals surface area contributed by atoms with E-state index in [1.807, 2.05) is 60.7 Å². The molecule has 7 heteroatoms. The summed E-state index contributed by atoms with van der Waals surface area (Å²) in [6, 6.07) is 21.1. The number of thiophene rings is 1. The van der Waals surface area contributed by atoms with Gasteiger partial charge in [0.2, 0.25) is 0 Å². The van der Waals surface area contributed by atoms with Crippen LogP contribution in [0.4, 0.5) is 11.5 Å². The molecule has 0 aliphatic rings. The van der Waals surface area contributed by atoms with Gasteiger partial charge in [0, 0.05) is 11.1 Å². The lowest BCUT2D eigenvalue weighted by molar-refractivity contribution is 0.103. The summed E-state index contributed by atoms with van der Waals surface area (Å²) >= 11 is 7.76. The Kier molecular flexibility index (Phi) is 5.84. The summed E-state index contributed by atoms with van der Waals surface area (Å²) in [7, 11) is 0. The molecule has 0 atom stereocenters. The second-order valence-corrected chi connectivity index (χ2v) is 7.70. The van der Waals surface area contributed by atoms with E-state index >= 15 is 0 Å². The van der Waals surface area contributed by atoms with Gasteiger partial charge in [-0.05, 0) is 35.9 Å². The lowest BCUT2D eigenvalue weighted by Crippen LogP contribution is -2.11. The fourth-order valence-corrected chi connectivity index (χ4v) is 3.86. The first-order valence-corrected chi connectivity index (χ1v) is 10.1. The number of benzene rings is 1. The molecule has 3 heterocycles. The predicted molar refractivity (Wildman–Crippen MR) is 119 cm³/mol. The first-order valence-electron chi connectivity index (χ1n) is 8.95. The Bertz CT molecular complexity index is 1120. The van der Waals surface area contributed by atoms with Crippen molar-refractivity contribution in [2.75, 3.05) is 10.6 Å². The fraction of sp³-hybridized carbons (Fsp3) is 0.0455. The van der Waals surface area contributed by atoms with Crippen LogP contribution in [0.15, 0.2) is 79.1 Å². The average molecular weight is 421 g/mol. The van der Waals surface area contributed by atoms with Gasteiger partial charge < -0.3 is 10.6 Å². The van der Waals surface area contributed by atoms with Crippen LogP contribution >= 0.6 is 22.9 Å². The highest BCUT2D eigenvalue weighted by atomic mass is 35.5. The molecule has 5 nitrogen and oxygen atoms in total. The molecule has 0 fully saturated rings. The Morgan fingerprint density at radius 1 is 1.00 bits per heavy atom. The topological polar surface area (TPSA) is 66.9 Å². The average Bonchev–Trinajstić information content (AvgIpc) is 3.25. The number of carbonyl (C=O) groups excluding carboxylic acids is 1. The molecular formula is C22H17ClN4OS. The number of halogens is 1. The molecular weight excluding hydrogens is 404 g/mol. The zero-order valence-electron chi connectivity index (χ0n) is 15.3. The molecule has 2 N–H and O–H groups in total. The number of pyridine rings is 2. The van der Waals surface area contributed by atoms with Crippen LogP contribution in [0.5, 0.6) is 0 Å². The van der Waals surface area contributed by atoms with Crippen molar-refractivity contribution in [1.29, 1.82) is 0 Å². The van der Waals surface area contributed by atoms with E-state index < -0.39 is 0 Å². The van der Waals surface area contributed by atoms with Gasteiger partial charge in [0.05, 0.1) is 34.0 Å². The Labute approximate surface area is 177 Å². The molecule has 1 aromatic carbocycles. The van der Waals surface area contributed by atoms with Crippen molar-refractivity contribution >= 4 is 40.4 Å². The summed E-state index contributed by atoms with van der Waals surface area (Å²) in [6.45, 7) is 0.511. The number of aromatic nitrogens is 2. The second kappa shape index (κ2) is 8.86. The number of hydrogen-bond acceptors (Lipinski definition) is 5. The molecule has 0 aliphatic carbocycles. The van der Waals surface area contributed by atoms with Crippen molar-refractivity contribution in [2.24, 2.45) is 0 Å². The fourth-order valence-electron chi connectivity index (χ4n) is 2.72. The summed E-state index contributed by atoms with van der Waals surface area (Å²) in [5, 5.41) is 6.42. The molecule has 4 aromatic rings. The zero-order valence-corrected chi connectivity index (χ0v) is 16.9. The van der Waals surface area contributed by atoms with Crippen LogP contribution in [-0.4, -0.2) is 15.9 Å². The summed E-state index contributed by atoms with van der Waals surface area (Å²) in [5.74, 6) is 0.349. The molecule has 144 valence electrons. The minimum Gasteiger partial charge on any atom is -0.363 e. The lowest BCUT2D eigenvalue weighted by Gasteiger charge is -2.09. The van der Waals surface area contributed by atoms with Gasteiger partial charge in [-0.2, -0.15) is 0 Å². The Balaban J connectivity index is 1.41. The number of anilines is 2. The van der Waals surface area contributed by atoms with Gasteiger partial charge >= 0.3 is 0 Å². The van der Waals surface area contributed by atoms with Gasteiger partial charge in [0.15, 0.2) is 0 Å². The van der Waals surface area contributed by atoms with Gasteiger partial charge in [-0.25, -0.2) is 4.98 Å². The van der Waals surface area contributed by atoms with Crippen LogP contribution < -0.4 is 10.6 Å². The monoisotopic (exact) mass is 420 g/mol. The maximum absolute atomic E-state index is 12.6. The largest absolute Gasteiger partial charge is 0.363 e. The first kappa shape index (κ1) is 19.1. The molecule has 0 unspecified atom stereocenters. The maximum Gasteiger partial charge on any atom is 0.265 e. The van der Waals surface area contributed by atoms with Crippen LogP contribution in [0, 0.1) is 0 Å². The van der Waals surface area contributed by atoms with E-state index in [1.165, 1.54) is 11.3 Å². The summed E-state index contributed by atoms with van der Waals surface area (Å²) in [6.07, 6.45) is 3.31. The Morgan fingerprint density at radius 2 is 1.83 bits per heavy atom. The molecule has 0 radical (unpaired) electrons. The second-order valence-electron chi connectivity index (χ2n) is 6.21. The van der Waals surface area contributed by atoms with Crippen LogP contribution in [-0.2, 0) is 6.54 Å². The van der Waals surface area contributed by atoms with Crippen molar-refractivity contribution in [3.63, 3.8) is 0 Å². The van der Waals surface area contributed by atoms with E-state index in [-0.39, 0.29) is 5.91 Å². The van der Waals surface area contributed by atoms with Gasteiger partial charge in [0.25, 0.3) is 5.91 Å². The SMILES string of the molecule is O=C(Nc1cnc(NCc2ccccn2)c(Cl)c1)c1ccc(-c2ccccc2)s1. The molecule has 1 amide bonds. The third-order valence-corrected chi connectivity index (χ3v) is 5.57. The van der Waals surface area contributed by atoms with Crippen LogP contribution in [0.25, 0.3) is 10.4 Å². The number of carbonyl (C=O) groups is 1. The molecule has 3 aromatic heterocycles. The minimum absolute atomic E-state index is 0.191. The number of nitrogens with one attached hydrogen (secondary N) is 2. The minimum atomic E-state index is -0.191. The molecule has 0 bridgehead atoms. The van der Waals surface area contributed by atoms with Crippen LogP contribution in [0.2, 0.25) is 5.02 Å². The summed E-state index contributed by atoms with van der Waals surface area (Å²) in [4.78, 5) is 22.8. The van der Waals surface area contributed by atoms with Crippen molar-refractivity contribution in [1.82, 2.24) is 9.97 Å². The highest BCUT2D eigenvalue weighted by Crippen LogP contribution is 2.29. The van der Waals surface area contributed by atoms with E-state index in [4.69, 9.17) is 11.6 Å². The van der Waals surface area contributed by atoms with Crippen LogP contribution in [0.1, 0.15) is 15.4 Å². The molecule has 4 rings (SSSR count). The maximum atomic E-state index is 12.6. The zero-order chi connectivity index (χ0) is 20.1. The van der Waals surface area contributed by atoms with Gasteiger partial charge in [0.1, 0.15) is 5.82 Å². The highest BCUT2D eigenvalue weighted by molar-refractivity contribution is 7.17. The number of hydrogen-bond donors (Lipinski definition) is 2. The van der Waals surface area contributed by atoms with Gasteiger partial charge in [-0.1, -0.05) is 48.0 Å². The van der Waals surface area contributed by atoms with E-state index in [0.29, 0.717) is 27.9 Å². The number of rotatable bonds is 6. The Hall–Kier alpha value is -3.22. The lowest BCUT2D eigenvalue weighted by atomic mass is 10.2. The quantitative estimate of drug-likeness (QED) is 0.418. The third-order valence-electron chi connectivity index (χ3n) is 4.15. The van der Waals surface area contributed by atoms with Crippen molar-refractivity contribution in [2.45, 2.75) is 6.54 Å². The van der Waals surface area contributed by atoms with Gasteiger partial charge in [-0.15, -0.1) is 11.3 Å². The standard InChI is InChI=1S/C22H17ClN4OS/c23-18-12-17(14-26-21(18)25-13-16-8-4-5-11-24-16)27-22(28)20-10-9-19(29-20)15-6-2-1-3-7-15/h1-12,14H,13H2,(H,25,26)(H,27,28). The molecule has 0 spiro atoms. The first-order chi connectivity index (χ1) is 14.2. The van der Waals surface area contributed by atoms with Crippen LogP contribution in [0.3, 0.4) is 0 Å². The predicted octanol–water partition coefficient (Wildman–Crippen LogP) is 5.72. The third kappa shape index (κ3) is 4.80. The smallest absolute Gasteiger partial charge is 0.265 e.